The average Bonchev–Trinajstić information content (AvgIpc) is 2.94. The molecule has 6 heteroatoms. The van der Waals surface area contributed by atoms with E-state index < -0.39 is 0 Å². The summed E-state index contributed by atoms with van der Waals surface area (Å²) < 4.78 is 5.30. The Hall–Kier alpha value is -2.27. The number of methoxy groups -OCH3 is 1. The summed E-state index contributed by atoms with van der Waals surface area (Å²) in [7, 11) is 1.55. The molecule has 26 heavy (non-hydrogen) atoms. The van der Waals surface area contributed by atoms with Crippen LogP contribution in [-0.4, -0.2) is 31.1 Å². The van der Waals surface area contributed by atoms with Crippen LogP contribution in [-0.2, 0) is 0 Å². The number of hydrogen-bond acceptors (Lipinski definition) is 4. The first-order valence-electron chi connectivity index (χ1n) is 8.95. The largest absolute Gasteiger partial charge is 0.495 e. The zero-order valence-corrected chi connectivity index (χ0v) is 16.0. The Morgan fingerprint density at radius 3 is 2.54 bits per heavy atom. The Balaban J connectivity index is 1.73. The smallest absolute Gasteiger partial charge is 0.274 e. The van der Waals surface area contributed by atoms with Gasteiger partial charge in [-0.2, -0.15) is 0 Å². The Bertz CT molecular complexity index is 769. The number of halogens is 1. The molecule has 0 bridgehead atoms. The van der Waals surface area contributed by atoms with Crippen LogP contribution in [0.25, 0.3) is 0 Å². The Morgan fingerprint density at radius 1 is 1.19 bits per heavy atom. The second-order valence-corrected chi connectivity index (χ2v) is 6.97. The number of amides is 1. The fourth-order valence-corrected chi connectivity index (χ4v) is 3.31. The average molecular weight is 374 g/mol. The Labute approximate surface area is 159 Å². The summed E-state index contributed by atoms with van der Waals surface area (Å²) in [4.78, 5) is 19.2. The first-order valence-corrected chi connectivity index (χ1v) is 9.33. The van der Waals surface area contributed by atoms with Crippen molar-refractivity contribution in [1.82, 2.24) is 4.98 Å². The highest BCUT2D eigenvalue weighted by Gasteiger charge is 2.15. The summed E-state index contributed by atoms with van der Waals surface area (Å²) in [6.45, 7) is 3.98. The van der Waals surface area contributed by atoms with E-state index in [0.717, 1.165) is 24.3 Å². The van der Waals surface area contributed by atoms with Gasteiger partial charge in [-0.3, -0.25) is 4.79 Å². The molecule has 3 rings (SSSR count). The molecule has 0 atom stereocenters. The maximum absolute atomic E-state index is 12.5. The standard InChI is InChI=1S/C20H24ClN3O2/c1-14-11-18(19(26-2)12-16(14)21)23-20(25)17-8-7-15(13-22-17)24-9-5-3-4-6-10-24/h7-8,11-13H,3-6,9-10H2,1-2H3,(H,23,25). The zero-order valence-electron chi connectivity index (χ0n) is 15.2. The minimum Gasteiger partial charge on any atom is -0.495 e. The molecule has 1 aliphatic rings. The third kappa shape index (κ3) is 4.28. The maximum Gasteiger partial charge on any atom is 0.274 e. The quantitative estimate of drug-likeness (QED) is 0.845. The molecule has 2 heterocycles. The third-order valence-electron chi connectivity index (χ3n) is 4.68. The predicted octanol–water partition coefficient (Wildman–Crippen LogP) is 4.68. The number of aromatic nitrogens is 1. The summed E-state index contributed by atoms with van der Waals surface area (Å²) >= 11 is 6.11. The van der Waals surface area contributed by atoms with E-state index in [1.54, 1.807) is 31.5 Å². The van der Waals surface area contributed by atoms with Crippen molar-refractivity contribution in [3.05, 3.63) is 46.7 Å². The molecule has 5 nitrogen and oxygen atoms in total. The van der Waals surface area contributed by atoms with Crippen molar-refractivity contribution in [3.63, 3.8) is 0 Å². The monoisotopic (exact) mass is 373 g/mol. The number of hydrogen-bond donors (Lipinski definition) is 1. The minimum atomic E-state index is -0.271. The van der Waals surface area contributed by atoms with Gasteiger partial charge < -0.3 is 15.0 Å². The molecular formula is C20H24ClN3O2. The number of rotatable bonds is 4. The minimum absolute atomic E-state index is 0.271. The van der Waals surface area contributed by atoms with E-state index in [-0.39, 0.29) is 5.91 Å². The second-order valence-electron chi connectivity index (χ2n) is 6.56. The lowest BCUT2D eigenvalue weighted by Crippen LogP contribution is -2.24. The van der Waals surface area contributed by atoms with Gasteiger partial charge >= 0.3 is 0 Å². The van der Waals surface area contributed by atoms with Crippen molar-refractivity contribution < 1.29 is 9.53 Å². The van der Waals surface area contributed by atoms with Gasteiger partial charge in [0, 0.05) is 24.2 Å². The van der Waals surface area contributed by atoms with Gasteiger partial charge in [0.25, 0.3) is 5.91 Å². The molecule has 1 aromatic carbocycles. The summed E-state index contributed by atoms with van der Waals surface area (Å²) in [5, 5.41) is 3.45. The van der Waals surface area contributed by atoms with Crippen LogP contribution in [0.4, 0.5) is 11.4 Å². The summed E-state index contributed by atoms with van der Waals surface area (Å²) in [5.74, 6) is 0.252. The highest BCUT2D eigenvalue weighted by molar-refractivity contribution is 6.31. The predicted molar refractivity (Wildman–Crippen MR) is 106 cm³/mol. The molecule has 0 radical (unpaired) electrons. The number of benzene rings is 1. The molecule has 2 aromatic rings. The van der Waals surface area contributed by atoms with Gasteiger partial charge in [-0.1, -0.05) is 24.4 Å². The SMILES string of the molecule is COc1cc(Cl)c(C)cc1NC(=O)c1ccc(N2CCCCCC2)cn1. The number of nitrogens with one attached hydrogen (secondary N) is 1. The second kappa shape index (κ2) is 8.41. The van der Waals surface area contributed by atoms with E-state index in [4.69, 9.17) is 16.3 Å². The van der Waals surface area contributed by atoms with Crippen LogP contribution < -0.4 is 15.0 Å². The third-order valence-corrected chi connectivity index (χ3v) is 5.09. The van der Waals surface area contributed by atoms with Crippen molar-refractivity contribution in [3.8, 4) is 5.75 Å². The lowest BCUT2D eigenvalue weighted by molar-refractivity contribution is 0.102. The zero-order chi connectivity index (χ0) is 18.5. The molecule has 1 aliphatic heterocycles. The summed E-state index contributed by atoms with van der Waals surface area (Å²) in [6.07, 6.45) is 6.76. The number of carbonyl (C=O) groups is 1. The number of carbonyl (C=O) groups excluding carboxylic acids is 1. The summed E-state index contributed by atoms with van der Waals surface area (Å²) in [5.41, 5.74) is 2.90. The van der Waals surface area contributed by atoms with Crippen LogP contribution in [0.3, 0.4) is 0 Å². The van der Waals surface area contributed by atoms with E-state index in [9.17, 15) is 4.79 Å². The van der Waals surface area contributed by atoms with Gasteiger partial charge in [0.1, 0.15) is 11.4 Å². The normalized spacial score (nSPS) is 14.7. The van der Waals surface area contributed by atoms with Gasteiger partial charge in [0.05, 0.1) is 24.7 Å². The van der Waals surface area contributed by atoms with Crippen LogP contribution in [0.5, 0.6) is 5.75 Å². The van der Waals surface area contributed by atoms with Gasteiger partial charge in [0.2, 0.25) is 0 Å². The number of pyridine rings is 1. The fraction of sp³-hybridized carbons (Fsp3) is 0.400. The highest BCUT2D eigenvalue weighted by atomic mass is 35.5. The molecule has 1 fully saturated rings. The molecule has 138 valence electrons. The fourth-order valence-electron chi connectivity index (χ4n) is 3.15. The molecule has 0 unspecified atom stereocenters. The first kappa shape index (κ1) is 18.5. The van der Waals surface area contributed by atoms with Crippen molar-refractivity contribution >= 4 is 28.9 Å². The lowest BCUT2D eigenvalue weighted by Gasteiger charge is -2.22. The van der Waals surface area contributed by atoms with E-state index in [0.29, 0.717) is 22.2 Å². The Kier molecular flexibility index (Phi) is 5.99. The molecule has 1 amide bonds. The molecule has 1 saturated heterocycles. The number of anilines is 2. The molecule has 1 N–H and O–H groups in total. The summed E-state index contributed by atoms with van der Waals surface area (Å²) in [6, 6.07) is 7.23. The van der Waals surface area contributed by atoms with Gasteiger partial charge in [-0.25, -0.2) is 4.98 Å². The van der Waals surface area contributed by atoms with E-state index in [1.807, 2.05) is 13.0 Å². The van der Waals surface area contributed by atoms with Crippen LogP contribution >= 0.6 is 11.6 Å². The van der Waals surface area contributed by atoms with Crippen molar-refractivity contribution in [1.29, 1.82) is 0 Å². The highest BCUT2D eigenvalue weighted by Crippen LogP contribution is 2.31. The molecular weight excluding hydrogens is 350 g/mol. The van der Waals surface area contributed by atoms with Crippen LogP contribution in [0, 0.1) is 6.92 Å². The van der Waals surface area contributed by atoms with Gasteiger partial charge in [-0.05, 0) is 43.5 Å². The van der Waals surface area contributed by atoms with E-state index >= 15 is 0 Å². The molecule has 0 spiro atoms. The lowest BCUT2D eigenvalue weighted by atomic mass is 10.2. The maximum atomic E-state index is 12.5. The van der Waals surface area contributed by atoms with Crippen LogP contribution in [0.1, 0.15) is 41.7 Å². The molecule has 0 aliphatic carbocycles. The van der Waals surface area contributed by atoms with Crippen molar-refractivity contribution in [2.45, 2.75) is 32.6 Å². The first-order chi connectivity index (χ1) is 12.6. The molecule has 0 saturated carbocycles. The van der Waals surface area contributed by atoms with Crippen molar-refractivity contribution in [2.75, 3.05) is 30.4 Å². The number of ether oxygens (including phenoxy) is 1. The van der Waals surface area contributed by atoms with Gasteiger partial charge in [0.15, 0.2) is 0 Å². The Morgan fingerprint density at radius 2 is 1.92 bits per heavy atom. The van der Waals surface area contributed by atoms with E-state index in [2.05, 4.69) is 15.2 Å². The topological polar surface area (TPSA) is 54.5 Å². The molecule has 1 aromatic heterocycles. The van der Waals surface area contributed by atoms with E-state index in [1.165, 1.54) is 25.7 Å². The number of nitrogens with zero attached hydrogens (tertiary/aromatic N) is 2. The van der Waals surface area contributed by atoms with Crippen molar-refractivity contribution in [2.24, 2.45) is 0 Å². The van der Waals surface area contributed by atoms with Crippen LogP contribution in [0.2, 0.25) is 5.02 Å². The van der Waals surface area contributed by atoms with Crippen LogP contribution in [0.15, 0.2) is 30.5 Å². The van der Waals surface area contributed by atoms with Gasteiger partial charge in [-0.15, -0.1) is 0 Å². The number of aryl methyl sites for hydroxylation is 1.